The molecule has 5 atom stereocenters. The predicted octanol–water partition coefficient (Wildman–Crippen LogP) is 3.49. The molecule has 1 spiro atoms. The lowest BCUT2D eigenvalue weighted by Gasteiger charge is -2.32. The van der Waals surface area contributed by atoms with Gasteiger partial charge in [0.2, 0.25) is 17.7 Å². The van der Waals surface area contributed by atoms with Crippen LogP contribution >= 0.6 is 11.3 Å². The predicted molar refractivity (Wildman–Crippen MR) is 136 cm³/mol. The van der Waals surface area contributed by atoms with Crippen LogP contribution in [0.2, 0.25) is 0 Å². The molecule has 3 aromatic rings. The highest BCUT2D eigenvalue weighted by atomic mass is 32.1. The molecule has 1 aromatic heterocycles. The van der Waals surface area contributed by atoms with Crippen molar-refractivity contribution in [2.24, 2.45) is 11.8 Å². The fraction of sp³-hybridized carbons (Fsp3) is 0.250. The van der Waals surface area contributed by atoms with E-state index >= 15 is 0 Å². The van der Waals surface area contributed by atoms with Crippen LogP contribution in [-0.2, 0) is 32.2 Å². The van der Waals surface area contributed by atoms with Crippen LogP contribution in [0.4, 0.5) is 10.1 Å². The van der Waals surface area contributed by atoms with Gasteiger partial charge in [0.25, 0.3) is 0 Å². The molecule has 9 heteroatoms. The molecule has 37 heavy (non-hydrogen) atoms. The van der Waals surface area contributed by atoms with E-state index in [-0.39, 0.29) is 24.0 Å². The number of likely N-dealkylation sites (tertiary alicyclic amines) is 1. The summed E-state index contributed by atoms with van der Waals surface area (Å²) in [6.07, 6.45) is 2.81. The minimum atomic E-state index is -1.28. The number of carbonyl (C=O) groups is 3. The Bertz CT molecular complexity index is 1380. The molecule has 2 aromatic carbocycles. The third-order valence-electron chi connectivity index (χ3n) is 7.27. The second-order valence-corrected chi connectivity index (χ2v) is 10.5. The number of anilines is 1. The maximum atomic E-state index is 14.2. The van der Waals surface area contributed by atoms with E-state index in [1.54, 1.807) is 18.2 Å². The molecule has 2 saturated heterocycles. The maximum absolute atomic E-state index is 14.2. The fourth-order valence-electron chi connectivity index (χ4n) is 5.67. The van der Waals surface area contributed by atoms with Crippen molar-refractivity contribution in [1.29, 1.82) is 0 Å². The molecule has 2 bridgehead atoms. The average Bonchev–Trinajstić information content (AvgIpc) is 3.68. The van der Waals surface area contributed by atoms with Crippen LogP contribution in [0.25, 0.3) is 0 Å². The van der Waals surface area contributed by atoms with Gasteiger partial charge in [0.1, 0.15) is 17.5 Å². The first kappa shape index (κ1) is 23.6. The zero-order valence-electron chi connectivity index (χ0n) is 19.7. The smallest absolute Gasteiger partial charge is 0.246 e. The molecule has 188 valence electrons. The van der Waals surface area contributed by atoms with Crippen LogP contribution in [0.1, 0.15) is 10.4 Å². The maximum Gasteiger partial charge on any atom is 0.246 e. The fourth-order valence-corrected chi connectivity index (χ4v) is 6.37. The van der Waals surface area contributed by atoms with Crippen molar-refractivity contribution in [2.75, 3.05) is 5.32 Å². The van der Waals surface area contributed by atoms with Crippen molar-refractivity contribution in [2.45, 2.75) is 30.8 Å². The molecule has 6 rings (SSSR count). The Balaban J connectivity index is 1.32. The van der Waals surface area contributed by atoms with Crippen LogP contribution < -0.4 is 10.6 Å². The Morgan fingerprint density at radius 1 is 1.03 bits per heavy atom. The van der Waals surface area contributed by atoms with Gasteiger partial charge in [0.05, 0.1) is 30.2 Å². The van der Waals surface area contributed by atoms with Crippen molar-refractivity contribution in [3.63, 3.8) is 0 Å². The molecule has 0 aliphatic carbocycles. The average molecular weight is 518 g/mol. The lowest BCUT2D eigenvalue weighted by Crippen LogP contribution is -2.54. The number of hydrogen-bond donors (Lipinski definition) is 2. The molecule has 0 radical (unpaired) electrons. The molecule has 3 aliphatic rings. The number of nitrogens with one attached hydrogen (secondary N) is 2. The highest BCUT2D eigenvalue weighted by Gasteiger charge is 2.72. The van der Waals surface area contributed by atoms with Gasteiger partial charge < -0.3 is 20.3 Å². The number of ether oxygens (including phenoxy) is 1. The van der Waals surface area contributed by atoms with Crippen molar-refractivity contribution < 1.29 is 23.5 Å². The van der Waals surface area contributed by atoms with Crippen molar-refractivity contribution in [3.8, 4) is 0 Å². The van der Waals surface area contributed by atoms with E-state index in [2.05, 4.69) is 10.6 Å². The zero-order chi connectivity index (χ0) is 25.6. The van der Waals surface area contributed by atoms with E-state index in [1.807, 2.05) is 47.8 Å². The summed E-state index contributed by atoms with van der Waals surface area (Å²) in [6.45, 7) is 0.518. The Hall–Kier alpha value is -3.82. The molecular formula is C28H24FN3O4S. The van der Waals surface area contributed by atoms with Gasteiger partial charge >= 0.3 is 0 Å². The highest BCUT2D eigenvalue weighted by Crippen LogP contribution is 2.55. The van der Waals surface area contributed by atoms with E-state index in [4.69, 9.17) is 4.74 Å². The van der Waals surface area contributed by atoms with Crippen molar-refractivity contribution >= 4 is 34.7 Å². The first-order valence-electron chi connectivity index (χ1n) is 12.0. The van der Waals surface area contributed by atoms with E-state index in [0.29, 0.717) is 6.54 Å². The summed E-state index contributed by atoms with van der Waals surface area (Å²) in [7, 11) is 0. The number of hydrogen-bond acceptors (Lipinski definition) is 5. The van der Waals surface area contributed by atoms with Crippen LogP contribution in [0, 0.1) is 17.7 Å². The van der Waals surface area contributed by atoms with Crippen LogP contribution in [0.3, 0.4) is 0 Å². The summed E-state index contributed by atoms with van der Waals surface area (Å²) in [5, 5.41) is 7.49. The molecule has 2 N–H and O–H groups in total. The van der Waals surface area contributed by atoms with Gasteiger partial charge in [0.15, 0.2) is 0 Å². The second kappa shape index (κ2) is 9.24. The van der Waals surface area contributed by atoms with Gasteiger partial charge in [-0.25, -0.2) is 4.39 Å². The van der Waals surface area contributed by atoms with Crippen LogP contribution in [-0.4, -0.2) is 40.4 Å². The van der Waals surface area contributed by atoms with Crippen molar-refractivity contribution in [1.82, 2.24) is 10.2 Å². The summed E-state index contributed by atoms with van der Waals surface area (Å²) in [4.78, 5) is 43.4. The summed E-state index contributed by atoms with van der Waals surface area (Å²) < 4.78 is 20.6. The molecule has 3 aliphatic heterocycles. The largest absolute Gasteiger partial charge is 0.359 e. The Morgan fingerprint density at radius 3 is 2.57 bits per heavy atom. The first-order valence-corrected chi connectivity index (χ1v) is 12.9. The topological polar surface area (TPSA) is 87.7 Å². The lowest BCUT2D eigenvalue weighted by molar-refractivity contribution is -0.141. The monoisotopic (exact) mass is 517 g/mol. The van der Waals surface area contributed by atoms with E-state index in [1.165, 1.54) is 34.4 Å². The Kier molecular flexibility index (Phi) is 5.89. The summed E-state index contributed by atoms with van der Waals surface area (Å²) in [5.41, 5.74) is -0.323. The summed E-state index contributed by atoms with van der Waals surface area (Å²) in [6, 6.07) is 18.2. The Labute approximate surface area is 216 Å². The number of amides is 3. The van der Waals surface area contributed by atoms with Gasteiger partial charge in [-0.3, -0.25) is 14.4 Å². The summed E-state index contributed by atoms with van der Waals surface area (Å²) >= 11 is 1.49. The molecule has 2 fully saturated rings. The number of thiophene rings is 1. The number of fused-ring (bicyclic) bond motifs is 1. The standard InChI is InChI=1S/C28H24FN3O4S/c29-19-10-4-5-11-20(19)31-25(33)22-21-12-13-28(36-21)23(22)27(35)32(16-18-9-6-14-37-18)24(28)26(34)30-15-17-7-2-1-3-8-17/h1-14,21-24H,15-16H2,(H,30,34)(H,31,33)/t21-,22-,23+,24+,28-/m1/s1. The first-order chi connectivity index (χ1) is 18.0. The quantitative estimate of drug-likeness (QED) is 0.470. The SMILES string of the molecule is O=C(Nc1ccccc1F)[C@H]1[C@H]2C(=O)N(Cc3cccs3)[C@@H](C(=O)NCc3ccccc3)[C@@]23C=C[C@H]1O3. The van der Waals surface area contributed by atoms with Gasteiger partial charge in [0, 0.05) is 11.4 Å². The van der Waals surface area contributed by atoms with E-state index in [0.717, 1.165) is 10.4 Å². The van der Waals surface area contributed by atoms with Crippen LogP contribution in [0.15, 0.2) is 84.3 Å². The van der Waals surface area contributed by atoms with Gasteiger partial charge in [-0.05, 0) is 29.1 Å². The number of para-hydroxylation sites is 1. The highest BCUT2D eigenvalue weighted by molar-refractivity contribution is 7.09. The van der Waals surface area contributed by atoms with E-state index in [9.17, 15) is 18.8 Å². The van der Waals surface area contributed by atoms with E-state index < -0.39 is 41.3 Å². The lowest BCUT2D eigenvalue weighted by atomic mass is 9.74. The van der Waals surface area contributed by atoms with Crippen LogP contribution in [0.5, 0.6) is 0 Å². The molecule has 3 amide bonds. The van der Waals surface area contributed by atoms with Crippen molar-refractivity contribution in [3.05, 3.63) is 101 Å². The zero-order valence-corrected chi connectivity index (χ0v) is 20.5. The summed E-state index contributed by atoms with van der Waals surface area (Å²) in [5.74, 6) is -3.55. The number of benzene rings is 2. The van der Waals surface area contributed by atoms with Gasteiger partial charge in [-0.1, -0.05) is 60.7 Å². The molecule has 7 nitrogen and oxygen atoms in total. The number of rotatable bonds is 7. The molecular weight excluding hydrogens is 493 g/mol. The van der Waals surface area contributed by atoms with Gasteiger partial charge in [-0.2, -0.15) is 0 Å². The third-order valence-corrected chi connectivity index (χ3v) is 8.13. The molecule has 4 heterocycles. The second-order valence-electron chi connectivity index (χ2n) is 9.42. The molecule has 0 unspecified atom stereocenters. The molecule has 0 saturated carbocycles. The third kappa shape index (κ3) is 3.95. The van der Waals surface area contributed by atoms with Gasteiger partial charge in [-0.15, -0.1) is 11.3 Å². The number of halogens is 1. The number of nitrogens with zero attached hydrogens (tertiary/aromatic N) is 1. The Morgan fingerprint density at radius 2 is 1.81 bits per heavy atom. The minimum absolute atomic E-state index is 0.0337. The minimum Gasteiger partial charge on any atom is -0.359 e. The normalized spacial score (nSPS) is 27.4. The number of carbonyl (C=O) groups excluding carboxylic acids is 3.